The maximum atomic E-state index is 6.57. The molecule has 2 atom stereocenters. The topological polar surface area (TPSA) is 9.23 Å². The lowest BCUT2D eigenvalue weighted by molar-refractivity contribution is 0.0135. The zero-order chi connectivity index (χ0) is 12.4. The Balaban J connectivity index is 2.23. The second kappa shape index (κ2) is 5.73. The molecule has 94 valence electrons. The fraction of sp³-hybridized carbons (Fsp3) is 0.571. The molecule has 0 N–H and O–H groups in total. The van der Waals surface area contributed by atoms with Gasteiger partial charge < -0.3 is 4.74 Å². The van der Waals surface area contributed by atoms with E-state index < -0.39 is 0 Å². The molecule has 1 aromatic carbocycles. The highest BCUT2D eigenvalue weighted by Crippen LogP contribution is 2.35. The minimum atomic E-state index is -0.0258. The standard InChI is InChI=1S/C14H18BrClO/c1-9-8-12(15)10(2)7-11(9)14(16)13-5-3-4-6-17-13/h7-8,13-14H,3-6H2,1-2H3. The van der Waals surface area contributed by atoms with E-state index in [9.17, 15) is 0 Å². The molecular weight excluding hydrogens is 300 g/mol. The Hall–Kier alpha value is -0.0500. The number of ether oxygens (including phenoxy) is 1. The molecule has 0 bridgehead atoms. The fourth-order valence-corrected chi connectivity index (χ4v) is 3.19. The van der Waals surface area contributed by atoms with Crippen molar-refractivity contribution in [1.82, 2.24) is 0 Å². The molecule has 0 spiro atoms. The average Bonchev–Trinajstić information content (AvgIpc) is 2.34. The predicted molar refractivity (Wildman–Crippen MR) is 75.8 cm³/mol. The van der Waals surface area contributed by atoms with Gasteiger partial charge in [0.1, 0.15) is 0 Å². The van der Waals surface area contributed by atoms with Gasteiger partial charge >= 0.3 is 0 Å². The first-order chi connectivity index (χ1) is 8.09. The van der Waals surface area contributed by atoms with Gasteiger partial charge in [-0.05, 0) is 55.9 Å². The summed E-state index contributed by atoms with van der Waals surface area (Å²) < 4.78 is 6.92. The first-order valence-electron chi connectivity index (χ1n) is 6.12. The van der Waals surface area contributed by atoms with Crippen LogP contribution in [0, 0.1) is 13.8 Å². The lowest BCUT2D eigenvalue weighted by Gasteiger charge is -2.28. The van der Waals surface area contributed by atoms with Gasteiger partial charge in [0.05, 0.1) is 11.5 Å². The third-order valence-corrected chi connectivity index (χ3v) is 4.76. The summed E-state index contributed by atoms with van der Waals surface area (Å²) in [5.41, 5.74) is 3.67. The summed E-state index contributed by atoms with van der Waals surface area (Å²) in [6, 6.07) is 4.32. The molecule has 0 saturated carbocycles. The van der Waals surface area contributed by atoms with Gasteiger partial charge in [0.2, 0.25) is 0 Å². The maximum Gasteiger partial charge on any atom is 0.0849 e. The quantitative estimate of drug-likeness (QED) is 0.704. The van der Waals surface area contributed by atoms with Gasteiger partial charge in [0.25, 0.3) is 0 Å². The Labute approximate surface area is 117 Å². The van der Waals surface area contributed by atoms with Gasteiger partial charge in [0, 0.05) is 11.1 Å². The minimum Gasteiger partial charge on any atom is -0.376 e. The highest BCUT2D eigenvalue weighted by molar-refractivity contribution is 9.10. The van der Waals surface area contributed by atoms with Gasteiger partial charge in [-0.25, -0.2) is 0 Å². The van der Waals surface area contributed by atoms with Crippen LogP contribution in [0.1, 0.15) is 41.3 Å². The largest absolute Gasteiger partial charge is 0.376 e. The molecule has 0 aliphatic carbocycles. The maximum absolute atomic E-state index is 6.57. The van der Waals surface area contributed by atoms with E-state index in [1.165, 1.54) is 29.5 Å². The van der Waals surface area contributed by atoms with Crippen LogP contribution in [0.2, 0.25) is 0 Å². The van der Waals surface area contributed by atoms with Crippen LogP contribution in [0.4, 0.5) is 0 Å². The van der Waals surface area contributed by atoms with Gasteiger partial charge in [-0.3, -0.25) is 0 Å². The van der Waals surface area contributed by atoms with E-state index in [-0.39, 0.29) is 11.5 Å². The summed E-state index contributed by atoms with van der Waals surface area (Å²) in [6.45, 7) is 5.05. The number of alkyl halides is 1. The fourth-order valence-electron chi connectivity index (χ4n) is 2.30. The number of rotatable bonds is 2. The summed E-state index contributed by atoms with van der Waals surface area (Å²) in [5.74, 6) is 0. The summed E-state index contributed by atoms with van der Waals surface area (Å²) in [4.78, 5) is 0. The molecule has 17 heavy (non-hydrogen) atoms. The summed E-state index contributed by atoms with van der Waals surface area (Å²) >= 11 is 10.1. The third-order valence-electron chi connectivity index (χ3n) is 3.39. The molecule has 3 heteroatoms. The number of hydrogen-bond acceptors (Lipinski definition) is 1. The molecular formula is C14H18BrClO. The van der Waals surface area contributed by atoms with Crippen LogP contribution in [-0.2, 0) is 4.74 Å². The van der Waals surface area contributed by atoms with Crippen molar-refractivity contribution >= 4 is 27.5 Å². The average molecular weight is 318 g/mol. The van der Waals surface area contributed by atoms with Crippen LogP contribution in [-0.4, -0.2) is 12.7 Å². The molecule has 1 saturated heterocycles. The Morgan fingerprint density at radius 2 is 2.06 bits per heavy atom. The lowest BCUT2D eigenvalue weighted by atomic mass is 9.96. The first-order valence-corrected chi connectivity index (χ1v) is 7.35. The molecule has 1 heterocycles. The van der Waals surface area contributed by atoms with Crippen LogP contribution < -0.4 is 0 Å². The second-order valence-electron chi connectivity index (χ2n) is 4.76. The van der Waals surface area contributed by atoms with Crippen molar-refractivity contribution in [1.29, 1.82) is 0 Å². The van der Waals surface area contributed by atoms with E-state index in [1.807, 2.05) is 0 Å². The van der Waals surface area contributed by atoms with Crippen LogP contribution in [0.3, 0.4) is 0 Å². The number of benzene rings is 1. The molecule has 2 rings (SSSR count). The second-order valence-corrected chi connectivity index (χ2v) is 6.09. The molecule has 0 radical (unpaired) electrons. The van der Waals surface area contributed by atoms with Gasteiger partial charge in [-0.15, -0.1) is 11.6 Å². The summed E-state index contributed by atoms with van der Waals surface area (Å²) in [6.07, 6.45) is 3.63. The number of halogens is 2. The van der Waals surface area contributed by atoms with Crippen molar-refractivity contribution in [3.63, 3.8) is 0 Å². The number of hydrogen-bond donors (Lipinski definition) is 0. The highest BCUT2D eigenvalue weighted by Gasteiger charge is 2.25. The van der Waals surface area contributed by atoms with E-state index in [2.05, 4.69) is 41.9 Å². The molecule has 1 fully saturated rings. The Morgan fingerprint density at radius 1 is 1.29 bits per heavy atom. The van der Waals surface area contributed by atoms with E-state index in [0.29, 0.717) is 0 Å². The normalized spacial score (nSPS) is 22.5. The van der Waals surface area contributed by atoms with Crippen LogP contribution in [0.25, 0.3) is 0 Å². The van der Waals surface area contributed by atoms with Crippen molar-refractivity contribution < 1.29 is 4.74 Å². The number of aryl methyl sites for hydroxylation is 2. The SMILES string of the molecule is Cc1cc(C(Cl)C2CCCCO2)c(C)cc1Br. The van der Waals surface area contributed by atoms with Crippen molar-refractivity contribution in [2.24, 2.45) is 0 Å². The van der Waals surface area contributed by atoms with Gasteiger partial charge in [-0.2, -0.15) is 0 Å². The molecule has 0 aromatic heterocycles. The van der Waals surface area contributed by atoms with Crippen LogP contribution >= 0.6 is 27.5 Å². The van der Waals surface area contributed by atoms with Crippen molar-refractivity contribution in [2.75, 3.05) is 6.61 Å². The van der Waals surface area contributed by atoms with Gasteiger partial charge in [-0.1, -0.05) is 22.0 Å². The monoisotopic (exact) mass is 316 g/mol. The molecule has 1 aliphatic rings. The zero-order valence-corrected chi connectivity index (χ0v) is 12.6. The van der Waals surface area contributed by atoms with Crippen molar-refractivity contribution in [2.45, 2.75) is 44.6 Å². The molecule has 2 unspecified atom stereocenters. The van der Waals surface area contributed by atoms with Gasteiger partial charge in [0.15, 0.2) is 0 Å². The van der Waals surface area contributed by atoms with E-state index >= 15 is 0 Å². The summed E-state index contributed by atoms with van der Waals surface area (Å²) in [5, 5.41) is -0.0258. The van der Waals surface area contributed by atoms with E-state index in [1.54, 1.807) is 0 Å². The molecule has 0 amide bonds. The highest BCUT2D eigenvalue weighted by atomic mass is 79.9. The van der Waals surface area contributed by atoms with Crippen LogP contribution in [0.15, 0.2) is 16.6 Å². The predicted octanol–water partition coefficient (Wildman–Crippen LogP) is 4.91. The van der Waals surface area contributed by atoms with E-state index in [4.69, 9.17) is 16.3 Å². The first kappa shape index (κ1) is 13.4. The molecule has 1 nitrogen and oxygen atoms in total. The van der Waals surface area contributed by atoms with Crippen molar-refractivity contribution in [3.8, 4) is 0 Å². The van der Waals surface area contributed by atoms with Crippen molar-refractivity contribution in [3.05, 3.63) is 33.3 Å². The Morgan fingerprint density at radius 3 is 2.71 bits per heavy atom. The van der Waals surface area contributed by atoms with E-state index in [0.717, 1.165) is 17.5 Å². The third kappa shape index (κ3) is 3.04. The smallest absolute Gasteiger partial charge is 0.0849 e. The Bertz CT molecular complexity index is 399. The molecule has 1 aliphatic heterocycles. The van der Waals surface area contributed by atoms with Crippen LogP contribution in [0.5, 0.6) is 0 Å². The Kier molecular flexibility index (Phi) is 4.51. The minimum absolute atomic E-state index is 0.0258. The zero-order valence-electron chi connectivity index (χ0n) is 10.3. The lowest BCUT2D eigenvalue weighted by Crippen LogP contribution is -2.24. The molecule has 1 aromatic rings. The summed E-state index contributed by atoms with van der Waals surface area (Å²) in [7, 11) is 0.